The molecular formula is C27H23ClN4O3. The van der Waals surface area contributed by atoms with Gasteiger partial charge in [-0.3, -0.25) is 0 Å². The number of fused-ring (bicyclic) bond motifs is 3. The van der Waals surface area contributed by atoms with Gasteiger partial charge >= 0.3 is 0 Å². The van der Waals surface area contributed by atoms with E-state index in [0.29, 0.717) is 22.5 Å². The average molecular weight is 487 g/mol. The molecule has 1 aromatic heterocycles. The number of aromatic nitrogens is 3. The predicted octanol–water partition coefficient (Wildman–Crippen LogP) is 5.82. The molecule has 0 fully saturated rings. The highest BCUT2D eigenvalue weighted by Gasteiger charge is 2.41. The number of hydrogen-bond donors (Lipinski definition) is 1. The summed E-state index contributed by atoms with van der Waals surface area (Å²) in [5.74, 6) is 2.77. The van der Waals surface area contributed by atoms with Crippen molar-refractivity contribution < 1.29 is 14.2 Å². The molecule has 0 aliphatic carbocycles. The number of halogens is 1. The molecule has 0 radical (unpaired) electrons. The van der Waals surface area contributed by atoms with Gasteiger partial charge in [0.15, 0.2) is 11.5 Å². The van der Waals surface area contributed by atoms with Crippen LogP contribution in [-0.4, -0.2) is 29.0 Å². The van der Waals surface area contributed by atoms with E-state index in [1.165, 1.54) is 0 Å². The second-order valence-electron chi connectivity index (χ2n) is 8.55. The maximum atomic E-state index is 6.67. The lowest BCUT2D eigenvalue weighted by Crippen LogP contribution is -2.32. The van der Waals surface area contributed by atoms with Crippen molar-refractivity contribution in [3.05, 3.63) is 99.8 Å². The second-order valence-corrected chi connectivity index (χ2v) is 8.99. The molecule has 0 saturated heterocycles. The quantitative estimate of drug-likeness (QED) is 0.392. The number of methoxy groups -OCH3 is 2. The van der Waals surface area contributed by atoms with Gasteiger partial charge in [0.25, 0.3) is 0 Å². The molecule has 0 saturated carbocycles. The summed E-state index contributed by atoms with van der Waals surface area (Å²) in [5.41, 5.74) is 6.09. The molecule has 0 amide bonds. The summed E-state index contributed by atoms with van der Waals surface area (Å²) in [6, 6.07) is 19.6. The van der Waals surface area contributed by atoms with E-state index in [1.54, 1.807) is 20.5 Å². The van der Waals surface area contributed by atoms with Crippen molar-refractivity contribution in [2.24, 2.45) is 0 Å². The third kappa shape index (κ3) is 3.51. The van der Waals surface area contributed by atoms with Gasteiger partial charge in [0, 0.05) is 16.2 Å². The Balaban J connectivity index is 1.62. The number of nitrogens with one attached hydrogen (secondary N) is 1. The zero-order valence-electron chi connectivity index (χ0n) is 19.4. The largest absolute Gasteiger partial charge is 0.493 e. The highest BCUT2D eigenvalue weighted by atomic mass is 35.5. The lowest BCUT2D eigenvalue weighted by molar-refractivity contribution is 0.223. The maximum Gasteiger partial charge on any atom is 0.226 e. The van der Waals surface area contributed by atoms with Gasteiger partial charge in [-0.2, -0.15) is 10.1 Å². The first-order valence-electron chi connectivity index (χ1n) is 11.2. The van der Waals surface area contributed by atoms with Gasteiger partial charge in [-0.05, 0) is 54.4 Å². The van der Waals surface area contributed by atoms with E-state index in [1.807, 2.05) is 53.2 Å². The summed E-state index contributed by atoms with van der Waals surface area (Å²) in [4.78, 5) is 4.50. The molecule has 3 aromatic carbocycles. The summed E-state index contributed by atoms with van der Waals surface area (Å²) in [5, 5.41) is 8.78. The summed E-state index contributed by atoms with van der Waals surface area (Å²) in [7, 11) is 3.26. The molecule has 6 rings (SSSR count). The number of hydrogen-bond acceptors (Lipinski definition) is 6. The third-order valence-electron chi connectivity index (χ3n) is 6.47. The molecule has 2 aliphatic heterocycles. The van der Waals surface area contributed by atoms with Crippen LogP contribution in [0.15, 0.2) is 72.6 Å². The van der Waals surface area contributed by atoms with Crippen molar-refractivity contribution in [1.82, 2.24) is 14.8 Å². The van der Waals surface area contributed by atoms with Crippen LogP contribution in [0.5, 0.6) is 17.2 Å². The molecule has 8 heteroatoms. The molecular weight excluding hydrogens is 464 g/mol. The standard InChI is InChI=1S/C27H23ClN4O3/c1-15-4-10-20-19(12-15)24-23(26(35-20)16-5-8-18(28)9-6-16)25(32-27(31-24)29-14-30-32)17-7-11-21(33-2)22(13-17)34-3/h4-14,25-26H,1-3H3,(H,29,30,31)/t25-,26+/m0/s1. The highest BCUT2D eigenvalue weighted by Crippen LogP contribution is 2.51. The number of ether oxygens (including phenoxy) is 3. The van der Waals surface area contributed by atoms with E-state index in [4.69, 9.17) is 25.8 Å². The van der Waals surface area contributed by atoms with Gasteiger partial charge in [-0.25, -0.2) is 4.68 Å². The minimum absolute atomic E-state index is 0.294. The first-order valence-corrected chi connectivity index (χ1v) is 11.6. The molecule has 176 valence electrons. The summed E-state index contributed by atoms with van der Waals surface area (Å²) < 4.78 is 19.7. The predicted molar refractivity (Wildman–Crippen MR) is 134 cm³/mol. The molecule has 0 spiro atoms. The Hall–Kier alpha value is -3.97. The normalized spacial score (nSPS) is 18.1. The van der Waals surface area contributed by atoms with Gasteiger partial charge < -0.3 is 19.5 Å². The Kier molecular flexibility index (Phi) is 5.15. The van der Waals surface area contributed by atoms with Crippen LogP contribution in [0, 0.1) is 6.92 Å². The Bertz CT molecular complexity index is 1460. The van der Waals surface area contributed by atoms with Gasteiger partial charge in [0.1, 0.15) is 24.2 Å². The smallest absolute Gasteiger partial charge is 0.226 e. The SMILES string of the molecule is COc1ccc([C@H]2C3=C(Nc4ncnn42)c2cc(C)ccc2O[C@@H]3c2ccc(Cl)cc2)cc1OC. The van der Waals surface area contributed by atoms with E-state index in [0.717, 1.165) is 39.3 Å². The topological polar surface area (TPSA) is 70.4 Å². The fourth-order valence-electron chi connectivity index (χ4n) is 4.84. The van der Waals surface area contributed by atoms with Gasteiger partial charge in [0.05, 0.1) is 19.9 Å². The van der Waals surface area contributed by atoms with E-state index in [9.17, 15) is 0 Å². The Morgan fingerprint density at radius 3 is 2.49 bits per heavy atom. The summed E-state index contributed by atoms with van der Waals surface area (Å²) >= 11 is 6.21. The lowest BCUT2D eigenvalue weighted by atomic mass is 9.84. The molecule has 1 N–H and O–H groups in total. The van der Waals surface area contributed by atoms with Crippen LogP contribution in [-0.2, 0) is 0 Å². The fraction of sp³-hybridized carbons (Fsp3) is 0.185. The molecule has 0 unspecified atom stereocenters. The molecule has 0 bridgehead atoms. The average Bonchev–Trinajstić information content (AvgIpc) is 3.35. The van der Waals surface area contributed by atoms with Crippen LogP contribution in [0.3, 0.4) is 0 Å². The van der Waals surface area contributed by atoms with Crippen molar-refractivity contribution in [3.8, 4) is 17.2 Å². The van der Waals surface area contributed by atoms with E-state index < -0.39 is 0 Å². The van der Waals surface area contributed by atoms with Crippen LogP contribution in [0.1, 0.15) is 34.4 Å². The zero-order valence-corrected chi connectivity index (χ0v) is 20.2. The third-order valence-corrected chi connectivity index (χ3v) is 6.72. The lowest BCUT2D eigenvalue weighted by Gasteiger charge is -2.39. The van der Waals surface area contributed by atoms with Crippen LogP contribution in [0.2, 0.25) is 5.02 Å². The van der Waals surface area contributed by atoms with Crippen molar-refractivity contribution in [2.75, 3.05) is 19.5 Å². The number of nitrogens with zero attached hydrogens (tertiary/aromatic N) is 3. The van der Waals surface area contributed by atoms with Crippen molar-refractivity contribution in [1.29, 1.82) is 0 Å². The Morgan fingerprint density at radius 1 is 0.943 bits per heavy atom. The zero-order chi connectivity index (χ0) is 24.1. The fourth-order valence-corrected chi connectivity index (χ4v) is 4.97. The van der Waals surface area contributed by atoms with Gasteiger partial charge in [0.2, 0.25) is 5.95 Å². The number of rotatable bonds is 4. The first kappa shape index (κ1) is 21.6. The molecule has 35 heavy (non-hydrogen) atoms. The molecule has 4 aromatic rings. The summed E-state index contributed by atoms with van der Waals surface area (Å²) in [6.45, 7) is 2.07. The van der Waals surface area contributed by atoms with E-state index in [2.05, 4.69) is 34.5 Å². The number of aryl methyl sites for hydroxylation is 1. The van der Waals surface area contributed by atoms with Crippen LogP contribution < -0.4 is 19.5 Å². The number of benzene rings is 3. The molecule has 2 atom stereocenters. The Morgan fingerprint density at radius 2 is 1.71 bits per heavy atom. The van der Waals surface area contributed by atoms with Crippen molar-refractivity contribution in [2.45, 2.75) is 19.1 Å². The Labute approximate surface area is 207 Å². The minimum Gasteiger partial charge on any atom is -0.493 e. The van der Waals surface area contributed by atoms with Gasteiger partial charge in [-0.15, -0.1) is 0 Å². The molecule has 3 heterocycles. The van der Waals surface area contributed by atoms with Crippen molar-refractivity contribution in [3.63, 3.8) is 0 Å². The van der Waals surface area contributed by atoms with E-state index >= 15 is 0 Å². The summed E-state index contributed by atoms with van der Waals surface area (Å²) in [6.07, 6.45) is 1.18. The maximum absolute atomic E-state index is 6.67. The monoisotopic (exact) mass is 486 g/mol. The minimum atomic E-state index is -0.375. The second kappa shape index (κ2) is 8.36. The number of anilines is 1. The van der Waals surface area contributed by atoms with E-state index in [-0.39, 0.29) is 12.1 Å². The van der Waals surface area contributed by atoms with Crippen molar-refractivity contribution >= 4 is 23.2 Å². The molecule has 7 nitrogen and oxygen atoms in total. The molecule has 2 aliphatic rings. The highest BCUT2D eigenvalue weighted by molar-refractivity contribution is 6.30. The first-order chi connectivity index (χ1) is 17.1. The van der Waals surface area contributed by atoms with Gasteiger partial charge in [-0.1, -0.05) is 41.4 Å². The van der Waals surface area contributed by atoms with Crippen LogP contribution in [0.25, 0.3) is 5.70 Å². The van der Waals surface area contributed by atoms with Crippen LogP contribution >= 0.6 is 11.6 Å². The van der Waals surface area contributed by atoms with Crippen LogP contribution in [0.4, 0.5) is 5.95 Å².